The number of morpholine rings is 1. The Balaban J connectivity index is 1.70. The maximum absolute atomic E-state index is 6.20. The average molecular weight is 377 g/mol. The predicted molar refractivity (Wildman–Crippen MR) is 112 cm³/mol. The van der Waals surface area contributed by atoms with Crippen LogP contribution in [0.3, 0.4) is 0 Å². The number of anilines is 1. The van der Waals surface area contributed by atoms with Gasteiger partial charge in [0, 0.05) is 31.2 Å². The van der Waals surface area contributed by atoms with Crippen molar-refractivity contribution < 1.29 is 4.74 Å². The van der Waals surface area contributed by atoms with Gasteiger partial charge in [-0.1, -0.05) is 6.07 Å². The molecule has 0 amide bonds. The van der Waals surface area contributed by atoms with Gasteiger partial charge in [0.25, 0.3) is 0 Å². The van der Waals surface area contributed by atoms with Crippen LogP contribution in [0.2, 0.25) is 0 Å². The third-order valence-electron chi connectivity index (χ3n) is 4.86. The van der Waals surface area contributed by atoms with E-state index in [2.05, 4.69) is 43.6 Å². The fraction of sp³-hybridized carbons (Fsp3) is 0.409. The maximum Gasteiger partial charge on any atom is 0.129 e. The van der Waals surface area contributed by atoms with Crippen LogP contribution >= 0.6 is 0 Å². The van der Waals surface area contributed by atoms with E-state index in [-0.39, 0.29) is 11.2 Å². The normalized spacial score (nSPS) is 18.4. The topological polar surface area (TPSA) is 77.2 Å². The Morgan fingerprint density at radius 2 is 1.71 bits per heavy atom. The highest BCUT2D eigenvalue weighted by Gasteiger charge is 2.38. The van der Waals surface area contributed by atoms with E-state index in [4.69, 9.17) is 20.4 Å². The molecule has 4 heterocycles. The third-order valence-corrected chi connectivity index (χ3v) is 4.86. The summed E-state index contributed by atoms with van der Waals surface area (Å²) in [4.78, 5) is 16.3. The number of rotatable bonds is 3. The van der Waals surface area contributed by atoms with Crippen molar-refractivity contribution in [1.82, 2.24) is 15.0 Å². The van der Waals surface area contributed by atoms with Gasteiger partial charge in [0.2, 0.25) is 0 Å². The van der Waals surface area contributed by atoms with Gasteiger partial charge in [0.1, 0.15) is 5.82 Å². The van der Waals surface area contributed by atoms with Crippen LogP contribution < -0.4 is 10.6 Å². The Hall–Kier alpha value is -2.57. The highest BCUT2D eigenvalue weighted by atomic mass is 16.5. The van der Waals surface area contributed by atoms with Gasteiger partial charge in [-0.3, -0.25) is 4.98 Å². The molecule has 1 fully saturated rings. The van der Waals surface area contributed by atoms with Crippen molar-refractivity contribution in [2.24, 2.45) is 5.73 Å². The van der Waals surface area contributed by atoms with Crippen LogP contribution in [0.25, 0.3) is 22.3 Å². The molecule has 0 unspecified atom stereocenters. The molecule has 3 aromatic heterocycles. The summed E-state index contributed by atoms with van der Waals surface area (Å²) in [5.41, 5.74) is 8.67. The summed E-state index contributed by atoms with van der Waals surface area (Å²) in [6, 6.07) is 12.1. The number of nitrogens with zero attached hydrogens (tertiary/aromatic N) is 4. The van der Waals surface area contributed by atoms with Gasteiger partial charge in [-0.15, -0.1) is 0 Å². The van der Waals surface area contributed by atoms with Gasteiger partial charge >= 0.3 is 0 Å². The van der Waals surface area contributed by atoms with Crippen LogP contribution in [0, 0.1) is 0 Å². The number of hydrogen-bond donors (Lipinski definition) is 1. The fourth-order valence-electron chi connectivity index (χ4n) is 4.00. The van der Waals surface area contributed by atoms with Crippen LogP contribution in [-0.2, 0) is 11.3 Å². The molecule has 0 aliphatic carbocycles. The van der Waals surface area contributed by atoms with Crippen molar-refractivity contribution in [3.05, 3.63) is 48.3 Å². The largest absolute Gasteiger partial charge is 0.366 e. The predicted octanol–water partition coefficient (Wildman–Crippen LogP) is 3.54. The molecule has 28 heavy (non-hydrogen) atoms. The van der Waals surface area contributed by atoms with Crippen molar-refractivity contribution in [1.29, 1.82) is 0 Å². The zero-order valence-electron chi connectivity index (χ0n) is 16.9. The van der Waals surface area contributed by atoms with Gasteiger partial charge in [-0.05, 0) is 58.0 Å². The monoisotopic (exact) mass is 377 g/mol. The quantitative estimate of drug-likeness (QED) is 0.752. The molecular formula is C22H27N5O. The van der Waals surface area contributed by atoms with Crippen LogP contribution in [0.1, 0.15) is 33.4 Å². The lowest BCUT2D eigenvalue weighted by Gasteiger charge is -2.47. The molecule has 1 saturated heterocycles. The summed E-state index contributed by atoms with van der Waals surface area (Å²) in [6.45, 7) is 10.5. The molecule has 0 saturated carbocycles. The second kappa shape index (κ2) is 6.79. The molecule has 0 bridgehead atoms. The standard InChI is InChI=1S/C22H27N5O/c1-21(2)13-27(14-22(3,4)28-21)20-7-5-6-17(26-20)18-9-8-15-12-24-16(11-23)10-19(15)25-18/h5-10,12H,11,13-14,23H2,1-4H3. The number of nitrogens with two attached hydrogens (primary N) is 1. The number of ether oxygens (including phenoxy) is 1. The first-order valence-electron chi connectivity index (χ1n) is 9.63. The van der Waals surface area contributed by atoms with Gasteiger partial charge in [0.15, 0.2) is 0 Å². The number of aromatic nitrogens is 3. The molecule has 6 nitrogen and oxygen atoms in total. The molecular weight excluding hydrogens is 350 g/mol. The van der Waals surface area contributed by atoms with Crippen molar-refractivity contribution in [3.63, 3.8) is 0 Å². The van der Waals surface area contributed by atoms with Gasteiger partial charge in [-0.25, -0.2) is 9.97 Å². The molecule has 0 atom stereocenters. The Labute approximate surface area is 165 Å². The molecule has 2 N–H and O–H groups in total. The van der Waals surface area contributed by atoms with Crippen LogP contribution in [0.15, 0.2) is 42.6 Å². The number of fused-ring (bicyclic) bond motifs is 1. The smallest absolute Gasteiger partial charge is 0.129 e. The molecule has 3 aromatic rings. The summed E-state index contributed by atoms with van der Waals surface area (Å²) < 4.78 is 6.20. The van der Waals surface area contributed by atoms with Crippen LogP contribution in [-0.4, -0.2) is 39.2 Å². The summed E-state index contributed by atoms with van der Waals surface area (Å²) in [5.74, 6) is 0.946. The van der Waals surface area contributed by atoms with Crippen molar-refractivity contribution in [2.75, 3.05) is 18.0 Å². The second-order valence-corrected chi connectivity index (χ2v) is 8.63. The lowest BCUT2D eigenvalue weighted by molar-refractivity contribution is -0.133. The number of pyridine rings is 3. The van der Waals surface area contributed by atoms with E-state index in [0.717, 1.165) is 46.9 Å². The van der Waals surface area contributed by atoms with Gasteiger partial charge in [0.05, 0.1) is 33.8 Å². The first kappa shape index (κ1) is 18.8. The average Bonchev–Trinajstić information content (AvgIpc) is 2.65. The lowest BCUT2D eigenvalue weighted by Crippen LogP contribution is -2.57. The van der Waals surface area contributed by atoms with E-state index in [1.54, 1.807) is 0 Å². The van der Waals surface area contributed by atoms with E-state index < -0.39 is 0 Å². The third kappa shape index (κ3) is 3.84. The maximum atomic E-state index is 6.20. The first-order valence-corrected chi connectivity index (χ1v) is 9.63. The minimum absolute atomic E-state index is 0.230. The molecule has 1 aliphatic rings. The van der Waals surface area contributed by atoms with E-state index >= 15 is 0 Å². The first-order chi connectivity index (χ1) is 13.2. The SMILES string of the molecule is CC1(C)CN(c2cccc(-c3ccc4cnc(CN)cc4n3)n2)CC(C)(C)O1. The fourth-order valence-corrected chi connectivity index (χ4v) is 4.00. The van der Waals surface area contributed by atoms with Crippen molar-refractivity contribution in [2.45, 2.75) is 45.4 Å². The van der Waals surface area contributed by atoms with E-state index in [0.29, 0.717) is 6.54 Å². The molecule has 6 heteroatoms. The van der Waals surface area contributed by atoms with Crippen molar-refractivity contribution >= 4 is 16.7 Å². The van der Waals surface area contributed by atoms with Crippen LogP contribution in [0.5, 0.6) is 0 Å². The summed E-state index contributed by atoms with van der Waals surface area (Å²) in [7, 11) is 0. The van der Waals surface area contributed by atoms with Gasteiger partial charge in [-0.2, -0.15) is 0 Å². The molecule has 0 spiro atoms. The molecule has 0 radical (unpaired) electrons. The summed E-state index contributed by atoms with van der Waals surface area (Å²) in [5, 5.41) is 0.994. The van der Waals surface area contributed by atoms with Gasteiger partial charge < -0.3 is 15.4 Å². The molecule has 1 aliphatic heterocycles. The lowest BCUT2D eigenvalue weighted by atomic mass is 9.99. The molecule has 0 aromatic carbocycles. The highest BCUT2D eigenvalue weighted by molar-refractivity contribution is 5.80. The molecule has 146 valence electrons. The summed E-state index contributed by atoms with van der Waals surface area (Å²) >= 11 is 0. The van der Waals surface area contributed by atoms with Crippen LogP contribution in [0.4, 0.5) is 5.82 Å². The molecule has 4 rings (SSSR count). The minimum atomic E-state index is -0.230. The number of hydrogen-bond acceptors (Lipinski definition) is 6. The summed E-state index contributed by atoms with van der Waals surface area (Å²) in [6.07, 6.45) is 1.82. The second-order valence-electron chi connectivity index (χ2n) is 8.63. The van der Waals surface area contributed by atoms with E-state index in [1.807, 2.05) is 36.5 Å². The Morgan fingerprint density at radius 3 is 2.43 bits per heavy atom. The highest BCUT2D eigenvalue weighted by Crippen LogP contribution is 2.31. The Morgan fingerprint density at radius 1 is 1.00 bits per heavy atom. The zero-order chi connectivity index (χ0) is 19.9. The Bertz CT molecular complexity index is 999. The van der Waals surface area contributed by atoms with E-state index in [1.165, 1.54) is 0 Å². The zero-order valence-corrected chi connectivity index (χ0v) is 16.9. The minimum Gasteiger partial charge on any atom is -0.366 e. The van der Waals surface area contributed by atoms with E-state index in [9.17, 15) is 0 Å². The van der Waals surface area contributed by atoms with Crippen molar-refractivity contribution in [3.8, 4) is 11.4 Å². The Kier molecular flexibility index (Phi) is 4.56.